The number of hydrogen-bond acceptors (Lipinski definition) is 2. The summed E-state index contributed by atoms with van der Waals surface area (Å²) in [5, 5.41) is 7.27. The van der Waals surface area contributed by atoms with E-state index in [1.165, 1.54) is 43.4 Å². The molecule has 5 nitrogen and oxygen atoms in total. The van der Waals surface area contributed by atoms with Gasteiger partial charge in [-0.05, 0) is 60.7 Å². The monoisotopic (exact) mass is 879 g/mol. The molecule has 0 fully saturated rings. The molecular formula is C64H41N5. The Balaban J connectivity index is 1.11. The van der Waals surface area contributed by atoms with Crippen LogP contribution in [-0.2, 0) is 0 Å². The van der Waals surface area contributed by atoms with Gasteiger partial charge in [-0.2, -0.15) is 0 Å². The van der Waals surface area contributed by atoms with E-state index in [9.17, 15) is 0 Å². The smallest absolute Gasteiger partial charge is 0.160 e. The normalized spacial score (nSPS) is 11.8. The van der Waals surface area contributed by atoms with Gasteiger partial charge in [0, 0.05) is 65.8 Å². The lowest BCUT2D eigenvalue weighted by atomic mass is 9.98. The highest BCUT2D eigenvalue weighted by molar-refractivity contribution is 6.26. The molecular weight excluding hydrogens is 839 g/mol. The summed E-state index contributed by atoms with van der Waals surface area (Å²) in [6.07, 6.45) is 0. The van der Waals surface area contributed by atoms with Crippen LogP contribution in [0.25, 0.3) is 128 Å². The quantitative estimate of drug-likeness (QED) is 0.160. The van der Waals surface area contributed by atoms with Crippen LogP contribution in [0.15, 0.2) is 249 Å². The average Bonchev–Trinajstić information content (AvgIpc) is 4.07. The third kappa shape index (κ3) is 6.11. The van der Waals surface area contributed by atoms with Gasteiger partial charge in [-0.15, -0.1) is 0 Å². The predicted octanol–water partition coefficient (Wildman–Crippen LogP) is 16.4. The maximum Gasteiger partial charge on any atom is 0.160 e. The maximum absolute atomic E-state index is 5.36. The number of nitrogens with zero attached hydrogens (tertiary/aromatic N) is 5. The zero-order chi connectivity index (χ0) is 45.4. The molecule has 5 heteroatoms. The second-order valence-corrected chi connectivity index (χ2v) is 17.7. The molecule has 0 amide bonds. The van der Waals surface area contributed by atoms with E-state index >= 15 is 0 Å². The average molecular weight is 880 g/mol. The van der Waals surface area contributed by atoms with E-state index in [1.54, 1.807) is 0 Å². The Morgan fingerprint density at radius 1 is 0.275 bits per heavy atom. The van der Waals surface area contributed by atoms with Crippen molar-refractivity contribution in [3.05, 3.63) is 249 Å². The molecule has 0 aliphatic heterocycles. The van der Waals surface area contributed by atoms with E-state index in [0.29, 0.717) is 5.82 Å². The van der Waals surface area contributed by atoms with Crippen LogP contribution in [0.2, 0.25) is 0 Å². The highest BCUT2D eigenvalue weighted by Gasteiger charge is 2.25. The Morgan fingerprint density at radius 3 is 1.36 bits per heavy atom. The first kappa shape index (κ1) is 38.9. The van der Waals surface area contributed by atoms with Crippen molar-refractivity contribution in [3.8, 4) is 62.1 Å². The molecule has 69 heavy (non-hydrogen) atoms. The van der Waals surface area contributed by atoms with E-state index in [2.05, 4.69) is 250 Å². The molecule has 0 unspecified atom stereocenters. The molecule has 0 saturated heterocycles. The molecule has 322 valence electrons. The SMILES string of the molecule is c1ccc(-c2cc(-c3ccccc3)nc(-c3ccc(-c4ccccc4-n4c5ccccc5c5ccccc54)c(-n4c5ccccc5c5c4ccc4c6ccccc6n(-c6ccccc6)c45)c3)n2)cc1. The molecule has 0 atom stereocenters. The van der Waals surface area contributed by atoms with Gasteiger partial charge in [0.05, 0.1) is 55.9 Å². The lowest BCUT2D eigenvalue weighted by Crippen LogP contribution is -2.03. The van der Waals surface area contributed by atoms with Gasteiger partial charge in [0.1, 0.15) is 0 Å². The van der Waals surface area contributed by atoms with E-state index in [0.717, 1.165) is 78.3 Å². The van der Waals surface area contributed by atoms with Crippen molar-refractivity contribution in [2.45, 2.75) is 0 Å². The van der Waals surface area contributed by atoms with E-state index in [4.69, 9.17) is 9.97 Å². The zero-order valence-electron chi connectivity index (χ0n) is 37.4. The number of para-hydroxylation sites is 6. The van der Waals surface area contributed by atoms with Gasteiger partial charge in [0.25, 0.3) is 0 Å². The molecule has 0 aliphatic rings. The maximum atomic E-state index is 5.36. The molecule has 0 spiro atoms. The Kier molecular flexibility index (Phi) is 8.83. The summed E-state index contributed by atoms with van der Waals surface area (Å²) in [6, 6.07) is 89.2. The van der Waals surface area contributed by atoms with E-state index in [-0.39, 0.29) is 0 Å². The van der Waals surface area contributed by atoms with Crippen molar-refractivity contribution in [1.82, 2.24) is 23.7 Å². The highest BCUT2D eigenvalue weighted by atomic mass is 15.0. The van der Waals surface area contributed by atoms with Gasteiger partial charge < -0.3 is 13.7 Å². The number of rotatable bonds is 7. The third-order valence-corrected chi connectivity index (χ3v) is 13.9. The second kappa shape index (κ2) is 15.7. The summed E-state index contributed by atoms with van der Waals surface area (Å²) in [4.78, 5) is 10.7. The van der Waals surface area contributed by atoms with Crippen molar-refractivity contribution in [1.29, 1.82) is 0 Å². The minimum atomic E-state index is 0.658. The fourth-order valence-corrected chi connectivity index (χ4v) is 10.9. The molecule has 4 heterocycles. The minimum Gasteiger partial charge on any atom is -0.309 e. The predicted molar refractivity (Wildman–Crippen MR) is 287 cm³/mol. The number of fused-ring (bicyclic) bond motifs is 10. The largest absolute Gasteiger partial charge is 0.309 e. The lowest BCUT2D eigenvalue weighted by Gasteiger charge is -2.20. The van der Waals surface area contributed by atoms with Crippen molar-refractivity contribution in [3.63, 3.8) is 0 Å². The number of hydrogen-bond donors (Lipinski definition) is 0. The van der Waals surface area contributed by atoms with Crippen LogP contribution in [0.1, 0.15) is 0 Å². The van der Waals surface area contributed by atoms with Crippen molar-refractivity contribution in [2.24, 2.45) is 0 Å². The topological polar surface area (TPSA) is 40.6 Å². The fraction of sp³-hybridized carbons (Fsp3) is 0. The highest BCUT2D eigenvalue weighted by Crippen LogP contribution is 2.45. The van der Waals surface area contributed by atoms with Crippen LogP contribution in [0.4, 0.5) is 0 Å². The van der Waals surface area contributed by atoms with Crippen LogP contribution in [0, 0.1) is 0 Å². The summed E-state index contributed by atoms with van der Waals surface area (Å²) in [5.74, 6) is 0.658. The molecule has 0 bridgehead atoms. The molecule has 14 aromatic rings. The summed E-state index contributed by atoms with van der Waals surface area (Å²) < 4.78 is 7.37. The molecule has 4 aromatic heterocycles. The van der Waals surface area contributed by atoms with Crippen LogP contribution in [0.5, 0.6) is 0 Å². The first-order valence-electron chi connectivity index (χ1n) is 23.5. The second-order valence-electron chi connectivity index (χ2n) is 17.7. The minimum absolute atomic E-state index is 0.658. The third-order valence-electron chi connectivity index (χ3n) is 13.9. The summed E-state index contributed by atoms with van der Waals surface area (Å²) in [6.45, 7) is 0. The van der Waals surface area contributed by atoms with Crippen molar-refractivity contribution in [2.75, 3.05) is 0 Å². The van der Waals surface area contributed by atoms with Gasteiger partial charge >= 0.3 is 0 Å². The molecule has 10 aromatic carbocycles. The van der Waals surface area contributed by atoms with Crippen LogP contribution >= 0.6 is 0 Å². The Hall–Kier alpha value is -9.32. The number of benzene rings is 10. The van der Waals surface area contributed by atoms with Crippen molar-refractivity contribution >= 4 is 65.4 Å². The molecule has 0 aliphatic carbocycles. The summed E-state index contributed by atoms with van der Waals surface area (Å²) in [5.41, 5.74) is 17.1. The lowest BCUT2D eigenvalue weighted by molar-refractivity contribution is 1.15. The zero-order valence-corrected chi connectivity index (χ0v) is 37.4. The Morgan fingerprint density at radius 2 is 0.739 bits per heavy atom. The van der Waals surface area contributed by atoms with Crippen molar-refractivity contribution < 1.29 is 0 Å². The Labute approximate surface area is 398 Å². The van der Waals surface area contributed by atoms with Gasteiger partial charge in [0.15, 0.2) is 5.82 Å². The van der Waals surface area contributed by atoms with Gasteiger partial charge in [-0.1, -0.05) is 188 Å². The fourth-order valence-electron chi connectivity index (χ4n) is 10.9. The van der Waals surface area contributed by atoms with Crippen LogP contribution < -0.4 is 0 Å². The molecule has 0 saturated carbocycles. The first-order chi connectivity index (χ1) is 34.3. The van der Waals surface area contributed by atoms with E-state index in [1.807, 2.05) is 12.1 Å². The molecule has 0 N–H and O–H groups in total. The van der Waals surface area contributed by atoms with Crippen LogP contribution in [-0.4, -0.2) is 23.7 Å². The number of aromatic nitrogens is 5. The molecule has 14 rings (SSSR count). The van der Waals surface area contributed by atoms with Gasteiger partial charge in [0.2, 0.25) is 0 Å². The van der Waals surface area contributed by atoms with Gasteiger partial charge in [-0.3, -0.25) is 0 Å². The standard InChI is InChI=1S/C64H41N5/c1-4-20-42(21-5-1)53-41-54(43-22-6-2-7-23-43)66-64(65-53)44-36-37-50(48-28-12-18-34-58(48)68-56-32-16-10-26-46(56)47-27-11-17-33-57(47)68)61(40-44)69-59-35-19-14-30-52(59)62-60(69)39-38-51-49-29-13-15-31-55(49)67(63(51)62)45-24-8-3-9-25-45/h1-41H. The molecule has 0 radical (unpaired) electrons. The summed E-state index contributed by atoms with van der Waals surface area (Å²) >= 11 is 0. The first-order valence-corrected chi connectivity index (χ1v) is 23.5. The summed E-state index contributed by atoms with van der Waals surface area (Å²) in [7, 11) is 0. The van der Waals surface area contributed by atoms with E-state index < -0.39 is 0 Å². The van der Waals surface area contributed by atoms with Gasteiger partial charge in [-0.25, -0.2) is 9.97 Å². The Bertz CT molecular complexity index is 4180. The van der Waals surface area contributed by atoms with Crippen LogP contribution in [0.3, 0.4) is 0 Å².